The molecule has 0 radical (unpaired) electrons. The quantitative estimate of drug-likeness (QED) is 0.780. The minimum Gasteiger partial charge on any atom is -0.391 e. The zero-order valence-corrected chi connectivity index (χ0v) is 9.92. The molecule has 1 aromatic heterocycles. The van der Waals surface area contributed by atoms with E-state index >= 15 is 0 Å². The van der Waals surface area contributed by atoms with E-state index in [1.165, 1.54) is 0 Å². The van der Waals surface area contributed by atoms with Crippen molar-refractivity contribution in [1.29, 1.82) is 0 Å². The minimum absolute atomic E-state index is 0.0307. The first-order chi connectivity index (χ1) is 7.77. The first-order valence-corrected chi connectivity index (χ1v) is 7.01. The van der Waals surface area contributed by atoms with Crippen LogP contribution in [-0.2, 0) is 11.5 Å². The van der Waals surface area contributed by atoms with Gasteiger partial charge < -0.3 is 5.11 Å². The van der Waals surface area contributed by atoms with Crippen LogP contribution in [0, 0.1) is 0 Å². The summed E-state index contributed by atoms with van der Waals surface area (Å²) in [6, 6.07) is -0.0307. The molecule has 4 nitrogen and oxygen atoms in total. The lowest BCUT2D eigenvalue weighted by Crippen LogP contribution is -2.34. The van der Waals surface area contributed by atoms with Crippen LogP contribution in [0.4, 0.5) is 0 Å². The van der Waals surface area contributed by atoms with Gasteiger partial charge in [0.05, 0.1) is 23.4 Å². The highest BCUT2D eigenvalue weighted by atomic mass is 32.2. The number of hydrogen-bond donors (Lipinski definition) is 2. The van der Waals surface area contributed by atoms with Crippen molar-refractivity contribution in [2.75, 3.05) is 0 Å². The number of aliphatic hydroxyl groups is 1. The van der Waals surface area contributed by atoms with Gasteiger partial charge in [-0.2, -0.15) is 11.8 Å². The molecule has 5 heteroatoms. The van der Waals surface area contributed by atoms with Gasteiger partial charge in [-0.25, -0.2) is 4.68 Å². The molecular weight excluding hydrogens is 224 g/mol. The number of rotatable bonds is 1. The van der Waals surface area contributed by atoms with E-state index in [9.17, 15) is 9.90 Å². The lowest BCUT2D eigenvalue weighted by Gasteiger charge is -2.27. The number of aromatic nitrogens is 2. The van der Waals surface area contributed by atoms with Gasteiger partial charge in [0.15, 0.2) is 0 Å². The summed E-state index contributed by atoms with van der Waals surface area (Å²) in [7, 11) is 0. The summed E-state index contributed by atoms with van der Waals surface area (Å²) in [5.41, 5.74) is 2.07. The molecule has 3 rings (SSSR count). The normalized spacial score (nSPS) is 29.3. The molecule has 2 unspecified atom stereocenters. The van der Waals surface area contributed by atoms with E-state index < -0.39 is 0 Å². The third kappa shape index (κ3) is 1.53. The lowest BCUT2D eigenvalue weighted by atomic mass is 9.93. The first kappa shape index (κ1) is 10.5. The average molecular weight is 240 g/mol. The van der Waals surface area contributed by atoms with Crippen LogP contribution in [0.3, 0.4) is 0 Å². The zero-order valence-electron chi connectivity index (χ0n) is 9.11. The van der Waals surface area contributed by atoms with E-state index in [0.717, 1.165) is 48.4 Å². The predicted molar refractivity (Wildman–Crippen MR) is 63.6 cm³/mol. The van der Waals surface area contributed by atoms with Crippen molar-refractivity contribution in [3.63, 3.8) is 0 Å². The lowest BCUT2D eigenvalue weighted by molar-refractivity contribution is 0.0676. The molecule has 0 saturated heterocycles. The molecule has 16 heavy (non-hydrogen) atoms. The Bertz CT molecular complexity index is 451. The Morgan fingerprint density at radius 1 is 1.31 bits per heavy atom. The molecule has 1 saturated carbocycles. The molecule has 2 heterocycles. The highest BCUT2D eigenvalue weighted by Crippen LogP contribution is 2.30. The van der Waals surface area contributed by atoms with E-state index in [4.69, 9.17) is 0 Å². The first-order valence-electron chi connectivity index (χ1n) is 5.85. The molecular formula is C11H16N2O2S. The van der Waals surface area contributed by atoms with Crippen LogP contribution in [0.15, 0.2) is 4.79 Å². The van der Waals surface area contributed by atoms with E-state index in [1.54, 1.807) is 16.4 Å². The number of H-pyrrole nitrogens is 1. The van der Waals surface area contributed by atoms with Gasteiger partial charge in [-0.05, 0) is 12.8 Å². The third-order valence-corrected chi connectivity index (χ3v) is 4.60. The summed E-state index contributed by atoms with van der Waals surface area (Å²) in [6.07, 6.45) is 3.54. The molecule has 2 N–H and O–H groups in total. The maximum atomic E-state index is 12.1. The number of nitrogens with one attached hydrogen (secondary N) is 1. The second kappa shape index (κ2) is 3.96. The van der Waals surface area contributed by atoms with Crippen molar-refractivity contribution in [1.82, 2.24) is 9.78 Å². The second-order valence-electron chi connectivity index (χ2n) is 4.66. The fourth-order valence-electron chi connectivity index (χ4n) is 2.69. The molecule has 2 aliphatic rings. The topological polar surface area (TPSA) is 58.0 Å². The van der Waals surface area contributed by atoms with Gasteiger partial charge in [0.1, 0.15) is 0 Å². The van der Waals surface area contributed by atoms with Gasteiger partial charge in [0.25, 0.3) is 5.56 Å². The summed E-state index contributed by atoms with van der Waals surface area (Å²) in [5.74, 6) is 1.72. The Hall–Kier alpha value is -0.680. The molecule has 1 aromatic rings. The Morgan fingerprint density at radius 3 is 2.88 bits per heavy atom. The van der Waals surface area contributed by atoms with Crippen LogP contribution in [0.2, 0.25) is 0 Å². The largest absolute Gasteiger partial charge is 0.391 e. The Balaban J connectivity index is 1.97. The van der Waals surface area contributed by atoms with Gasteiger partial charge >= 0.3 is 0 Å². The number of aromatic amines is 1. The van der Waals surface area contributed by atoms with Gasteiger partial charge in [-0.1, -0.05) is 12.8 Å². The standard InChI is InChI=1S/C11H16N2O2S/c14-10-4-2-1-3-9(10)13-11(15)7-5-16-6-8(7)12-13/h9-10,12,14H,1-6H2. The minimum atomic E-state index is -0.363. The molecule has 0 amide bonds. The molecule has 1 fully saturated rings. The fraction of sp³-hybridized carbons (Fsp3) is 0.727. The predicted octanol–water partition coefficient (Wildman–Crippen LogP) is 1.40. The molecule has 0 spiro atoms. The summed E-state index contributed by atoms with van der Waals surface area (Å²) in [6.45, 7) is 0. The van der Waals surface area contributed by atoms with Crippen molar-refractivity contribution in [2.24, 2.45) is 0 Å². The van der Waals surface area contributed by atoms with Crippen molar-refractivity contribution in [2.45, 2.75) is 49.3 Å². The maximum absolute atomic E-state index is 12.1. The average Bonchev–Trinajstić information content (AvgIpc) is 2.83. The molecule has 1 aliphatic carbocycles. The second-order valence-corrected chi connectivity index (χ2v) is 5.64. The highest BCUT2D eigenvalue weighted by Gasteiger charge is 2.29. The zero-order chi connectivity index (χ0) is 11.1. The van der Waals surface area contributed by atoms with E-state index in [0.29, 0.717) is 0 Å². The van der Waals surface area contributed by atoms with Crippen LogP contribution >= 0.6 is 11.8 Å². The van der Waals surface area contributed by atoms with Crippen molar-refractivity contribution < 1.29 is 5.11 Å². The molecule has 2 atom stereocenters. The summed E-state index contributed by atoms with van der Waals surface area (Å²) >= 11 is 1.77. The number of thioether (sulfide) groups is 1. The summed E-state index contributed by atoms with van der Waals surface area (Å²) in [5, 5.41) is 13.1. The van der Waals surface area contributed by atoms with E-state index in [-0.39, 0.29) is 17.7 Å². The molecule has 1 aliphatic heterocycles. The van der Waals surface area contributed by atoms with Gasteiger partial charge in [-0.3, -0.25) is 9.89 Å². The Morgan fingerprint density at radius 2 is 2.12 bits per heavy atom. The fourth-order valence-corrected chi connectivity index (χ4v) is 3.73. The monoisotopic (exact) mass is 240 g/mol. The van der Waals surface area contributed by atoms with Crippen LogP contribution in [0.5, 0.6) is 0 Å². The number of fused-ring (bicyclic) bond motifs is 1. The third-order valence-electron chi connectivity index (χ3n) is 3.62. The summed E-state index contributed by atoms with van der Waals surface area (Å²) < 4.78 is 1.67. The van der Waals surface area contributed by atoms with Gasteiger partial charge in [-0.15, -0.1) is 0 Å². The smallest absolute Gasteiger partial charge is 0.271 e. The number of nitrogens with zero attached hydrogens (tertiary/aromatic N) is 1. The van der Waals surface area contributed by atoms with E-state index in [2.05, 4.69) is 5.10 Å². The number of aliphatic hydroxyl groups excluding tert-OH is 1. The maximum Gasteiger partial charge on any atom is 0.271 e. The van der Waals surface area contributed by atoms with E-state index in [1.807, 2.05) is 0 Å². The molecule has 0 bridgehead atoms. The van der Waals surface area contributed by atoms with Gasteiger partial charge in [0.2, 0.25) is 0 Å². The Labute approximate surface area is 98.0 Å². The van der Waals surface area contributed by atoms with Crippen LogP contribution in [-0.4, -0.2) is 21.0 Å². The molecule has 88 valence electrons. The van der Waals surface area contributed by atoms with Crippen molar-refractivity contribution in [3.05, 3.63) is 21.6 Å². The van der Waals surface area contributed by atoms with Crippen LogP contribution in [0.1, 0.15) is 43.0 Å². The van der Waals surface area contributed by atoms with Crippen LogP contribution < -0.4 is 5.56 Å². The summed E-state index contributed by atoms with van der Waals surface area (Å²) in [4.78, 5) is 12.1. The van der Waals surface area contributed by atoms with Gasteiger partial charge in [0, 0.05) is 11.5 Å². The van der Waals surface area contributed by atoms with Crippen molar-refractivity contribution in [3.8, 4) is 0 Å². The SMILES string of the molecule is O=c1c2c([nH]n1C1CCCCC1O)CSC2. The Kier molecular flexibility index (Phi) is 2.59. The van der Waals surface area contributed by atoms with Crippen LogP contribution in [0.25, 0.3) is 0 Å². The highest BCUT2D eigenvalue weighted by molar-refractivity contribution is 7.98. The number of hydrogen-bond acceptors (Lipinski definition) is 3. The molecule has 0 aromatic carbocycles. The van der Waals surface area contributed by atoms with Crippen molar-refractivity contribution >= 4 is 11.8 Å².